The molecule has 0 saturated carbocycles. The molecule has 2 heterocycles. The Morgan fingerprint density at radius 2 is 2.00 bits per heavy atom. The lowest BCUT2D eigenvalue weighted by molar-refractivity contribution is -0.118. The van der Waals surface area contributed by atoms with Gasteiger partial charge in [0.1, 0.15) is 12.1 Å². The van der Waals surface area contributed by atoms with Crippen LogP contribution in [0.3, 0.4) is 0 Å². The van der Waals surface area contributed by atoms with Gasteiger partial charge in [0.15, 0.2) is 6.61 Å². The first kappa shape index (κ1) is 21.0. The molecule has 4 rings (SSSR count). The molecule has 2 aromatic carbocycles. The molecule has 2 amide bonds. The third-order valence-electron chi connectivity index (χ3n) is 5.13. The summed E-state index contributed by atoms with van der Waals surface area (Å²) in [6, 6.07) is 9.15. The number of amides is 2. The van der Waals surface area contributed by atoms with Gasteiger partial charge in [-0.2, -0.15) is 10.1 Å². The highest BCUT2D eigenvalue weighted by molar-refractivity contribution is 9.10. The van der Waals surface area contributed by atoms with Crippen molar-refractivity contribution in [1.82, 2.24) is 14.8 Å². The summed E-state index contributed by atoms with van der Waals surface area (Å²) in [7, 11) is 0. The number of anilines is 2. The SMILES string of the molecule is Cc1cc(C)c(NC(=O)COc2ccc(Br)cc2C2CC(=O)Nc3ncnn32)c(C)c1. The summed E-state index contributed by atoms with van der Waals surface area (Å²) in [6.45, 7) is 5.79. The second kappa shape index (κ2) is 8.50. The van der Waals surface area contributed by atoms with Gasteiger partial charge in [0.2, 0.25) is 11.9 Å². The summed E-state index contributed by atoms with van der Waals surface area (Å²) in [5.74, 6) is 0.485. The van der Waals surface area contributed by atoms with Crippen molar-refractivity contribution in [2.75, 3.05) is 17.2 Å². The number of halogens is 1. The van der Waals surface area contributed by atoms with E-state index < -0.39 is 0 Å². The first-order chi connectivity index (χ1) is 14.8. The van der Waals surface area contributed by atoms with Gasteiger partial charge < -0.3 is 10.1 Å². The van der Waals surface area contributed by atoms with Crippen molar-refractivity contribution in [3.8, 4) is 5.75 Å². The fourth-order valence-electron chi connectivity index (χ4n) is 3.85. The minimum atomic E-state index is -0.386. The number of fused-ring (bicyclic) bond motifs is 1. The van der Waals surface area contributed by atoms with Crippen LogP contribution < -0.4 is 15.4 Å². The molecular formula is C22H22BrN5O3. The van der Waals surface area contributed by atoms with Crippen LogP contribution in [-0.4, -0.2) is 33.2 Å². The van der Waals surface area contributed by atoms with Crippen molar-refractivity contribution in [2.45, 2.75) is 33.2 Å². The standard InChI is InChI=1S/C22H22BrN5O3/c1-12-6-13(2)21(14(3)7-12)26-20(30)10-31-18-5-4-15(23)8-16(18)17-9-19(29)27-22-24-11-25-28(17)22/h4-8,11,17H,9-10H2,1-3H3,(H,26,30)(H,24,25,27,29). The van der Waals surface area contributed by atoms with Crippen molar-refractivity contribution in [2.24, 2.45) is 0 Å². The first-order valence-electron chi connectivity index (χ1n) is 9.81. The van der Waals surface area contributed by atoms with E-state index >= 15 is 0 Å². The number of nitrogens with zero attached hydrogens (tertiary/aromatic N) is 3. The predicted octanol–water partition coefficient (Wildman–Crippen LogP) is 3.91. The second-order valence-electron chi connectivity index (χ2n) is 7.59. The quantitative estimate of drug-likeness (QED) is 0.572. The minimum Gasteiger partial charge on any atom is -0.483 e. The topological polar surface area (TPSA) is 98.1 Å². The average Bonchev–Trinajstić information content (AvgIpc) is 3.17. The zero-order valence-corrected chi connectivity index (χ0v) is 19.0. The fourth-order valence-corrected chi connectivity index (χ4v) is 4.23. The normalized spacial score (nSPS) is 15.2. The molecule has 0 aliphatic carbocycles. The molecule has 1 aliphatic heterocycles. The van der Waals surface area contributed by atoms with Gasteiger partial charge in [0.25, 0.3) is 5.91 Å². The summed E-state index contributed by atoms with van der Waals surface area (Å²) >= 11 is 3.47. The zero-order valence-electron chi connectivity index (χ0n) is 17.4. The smallest absolute Gasteiger partial charge is 0.262 e. The molecule has 0 bridgehead atoms. The van der Waals surface area contributed by atoms with Gasteiger partial charge in [-0.15, -0.1) is 0 Å². The number of aromatic nitrogens is 3. The third-order valence-corrected chi connectivity index (χ3v) is 5.62. The van der Waals surface area contributed by atoms with Crippen LogP contribution in [0.25, 0.3) is 0 Å². The highest BCUT2D eigenvalue weighted by atomic mass is 79.9. The maximum atomic E-state index is 12.6. The number of aryl methyl sites for hydroxylation is 3. The molecule has 0 spiro atoms. The van der Waals surface area contributed by atoms with Crippen LogP contribution in [-0.2, 0) is 9.59 Å². The molecule has 160 valence electrons. The Balaban J connectivity index is 1.54. The number of hydrogen-bond donors (Lipinski definition) is 2. The maximum Gasteiger partial charge on any atom is 0.262 e. The number of rotatable bonds is 5. The summed E-state index contributed by atoms with van der Waals surface area (Å²) in [6.07, 6.45) is 1.59. The lowest BCUT2D eigenvalue weighted by atomic mass is 10.0. The summed E-state index contributed by atoms with van der Waals surface area (Å²) in [5, 5.41) is 9.88. The molecule has 31 heavy (non-hydrogen) atoms. The van der Waals surface area contributed by atoms with E-state index in [1.54, 1.807) is 10.7 Å². The largest absolute Gasteiger partial charge is 0.483 e. The Labute approximate surface area is 188 Å². The van der Waals surface area contributed by atoms with E-state index in [4.69, 9.17) is 4.74 Å². The van der Waals surface area contributed by atoms with Crippen LogP contribution in [0.15, 0.2) is 41.1 Å². The molecule has 0 fully saturated rings. The van der Waals surface area contributed by atoms with Crippen LogP contribution in [0.1, 0.15) is 34.7 Å². The fraction of sp³-hybridized carbons (Fsp3) is 0.273. The van der Waals surface area contributed by atoms with Crippen molar-refractivity contribution in [3.05, 3.63) is 63.4 Å². The third kappa shape index (κ3) is 4.46. The lowest BCUT2D eigenvalue weighted by Gasteiger charge is -2.25. The lowest BCUT2D eigenvalue weighted by Crippen LogP contribution is -2.30. The predicted molar refractivity (Wildman–Crippen MR) is 120 cm³/mol. The van der Waals surface area contributed by atoms with Crippen LogP contribution >= 0.6 is 15.9 Å². The van der Waals surface area contributed by atoms with Crippen LogP contribution in [0.2, 0.25) is 0 Å². The van der Waals surface area contributed by atoms with Crippen molar-refractivity contribution in [3.63, 3.8) is 0 Å². The Bertz CT molecular complexity index is 1150. The van der Waals surface area contributed by atoms with Crippen molar-refractivity contribution in [1.29, 1.82) is 0 Å². The molecule has 1 unspecified atom stereocenters. The van der Waals surface area contributed by atoms with Crippen LogP contribution in [0.5, 0.6) is 5.75 Å². The number of hydrogen-bond acceptors (Lipinski definition) is 5. The molecule has 0 saturated heterocycles. The van der Waals surface area contributed by atoms with E-state index in [1.165, 1.54) is 6.33 Å². The molecule has 1 aliphatic rings. The molecule has 1 aromatic heterocycles. The Hall–Kier alpha value is -3.20. The van der Waals surface area contributed by atoms with Crippen LogP contribution in [0, 0.1) is 20.8 Å². The van der Waals surface area contributed by atoms with Gasteiger partial charge in [-0.3, -0.25) is 14.9 Å². The highest BCUT2D eigenvalue weighted by Crippen LogP contribution is 2.36. The molecule has 0 radical (unpaired) electrons. The molecule has 3 aromatic rings. The minimum absolute atomic E-state index is 0.153. The Kier molecular flexibility index (Phi) is 5.77. The number of benzene rings is 2. The summed E-state index contributed by atoms with van der Waals surface area (Å²) in [4.78, 5) is 28.8. The number of nitrogens with one attached hydrogen (secondary N) is 2. The van der Waals surface area contributed by atoms with Gasteiger partial charge in [-0.1, -0.05) is 33.6 Å². The molecule has 8 nitrogen and oxygen atoms in total. The van der Waals surface area contributed by atoms with E-state index in [0.717, 1.165) is 32.4 Å². The molecule has 9 heteroatoms. The van der Waals surface area contributed by atoms with E-state index in [0.29, 0.717) is 11.7 Å². The van der Waals surface area contributed by atoms with Crippen LogP contribution in [0.4, 0.5) is 11.6 Å². The number of ether oxygens (including phenoxy) is 1. The maximum absolute atomic E-state index is 12.6. The summed E-state index contributed by atoms with van der Waals surface area (Å²) in [5.41, 5.74) is 4.69. The second-order valence-corrected chi connectivity index (χ2v) is 8.50. The number of carbonyl (C=O) groups is 2. The van der Waals surface area contributed by atoms with Gasteiger partial charge in [-0.05, 0) is 50.1 Å². The van der Waals surface area contributed by atoms with Gasteiger partial charge >= 0.3 is 0 Å². The van der Waals surface area contributed by atoms with E-state index in [9.17, 15) is 9.59 Å². The Morgan fingerprint density at radius 3 is 2.74 bits per heavy atom. The van der Waals surface area contributed by atoms with Gasteiger partial charge in [0.05, 0.1) is 12.5 Å². The van der Waals surface area contributed by atoms with E-state index in [2.05, 4.69) is 36.6 Å². The summed E-state index contributed by atoms with van der Waals surface area (Å²) < 4.78 is 8.36. The van der Waals surface area contributed by atoms with Gasteiger partial charge in [0, 0.05) is 15.7 Å². The highest BCUT2D eigenvalue weighted by Gasteiger charge is 2.30. The molecule has 2 N–H and O–H groups in total. The van der Waals surface area contributed by atoms with Crippen molar-refractivity contribution < 1.29 is 14.3 Å². The molecular weight excluding hydrogens is 462 g/mol. The van der Waals surface area contributed by atoms with Crippen molar-refractivity contribution >= 4 is 39.4 Å². The number of carbonyl (C=O) groups excluding carboxylic acids is 2. The zero-order chi connectivity index (χ0) is 22.1. The average molecular weight is 484 g/mol. The monoisotopic (exact) mass is 483 g/mol. The first-order valence-corrected chi connectivity index (χ1v) is 10.6. The van der Waals surface area contributed by atoms with E-state index in [1.807, 2.05) is 45.0 Å². The Morgan fingerprint density at radius 1 is 1.26 bits per heavy atom. The van der Waals surface area contributed by atoms with E-state index in [-0.39, 0.29) is 30.9 Å². The van der Waals surface area contributed by atoms with Gasteiger partial charge in [-0.25, -0.2) is 4.68 Å². The molecule has 1 atom stereocenters.